The number of nitrogens with one attached hydrogen (secondary N) is 4. The summed E-state index contributed by atoms with van der Waals surface area (Å²) in [6, 6.07) is 3.52. The molecule has 4 unspecified atom stereocenters. The first-order valence-corrected chi connectivity index (χ1v) is 13.7. The summed E-state index contributed by atoms with van der Waals surface area (Å²) in [5.41, 5.74) is 7.40. The molecule has 0 aliphatic carbocycles. The predicted octanol–water partition coefficient (Wildman–Crippen LogP) is 0.916. The van der Waals surface area contributed by atoms with Gasteiger partial charge >= 0.3 is 5.97 Å². The summed E-state index contributed by atoms with van der Waals surface area (Å²) in [5.74, 6) is -2.54. The molecule has 0 saturated heterocycles. The number of amides is 3. The van der Waals surface area contributed by atoms with Crippen molar-refractivity contribution in [1.29, 1.82) is 0 Å². The van der Waals surface area contributed by atoms with Gasteiger partial charge in [0.05, 0.1) is 6.04 Å². The lowest BCUT2D eigenvalue weighted by atomic mass is 10.0. The monoisotopic (exact) mass is 537 g/mol. The molecule has 0 fully saturated rings. The number of aliphatic carboxylic acids is 1. The number of carboxylic acid groups (broad SMARTS) is 1. The van der Waals surface area contributed by atoms with Gasteiger partial charge in [-0.05, 0) is 36.0 Å². The molecular formula is C24H35N5O5S2. The number of carbonyl (C=O) groups is 4. The molecule has 0 aliphatic rings. The third-order valence-corrected chi connectivity index (χ3v) is 6.78. The number of para-hydroxylation sites is 1. The Bertz CT molecular complexity index is 1060. The summed E-state index contributed by atoms with van der Waals surface area (Å²) in [4.78, 5) is 53.7. The third kappa shape index (κ3) is 8.17. The molecule has 3 amide bonds. The lowest BCUT2D eigenvalue weighted by molar-refractivity contribution is -0.143. The van der Waals surface area contributed by atoms with Gasteiger partial charge in [-0.1, -0.05) is 32.0 Å². The van der Waals surface area contributed by atoms with Crippen LogP contribution in [-0.4, -0.2) is 75.7 Å². The van der Waals surface area contributed by atoms with E-state index in [1.165, 1.54) is 11.8 Å². The summed E-state index contributed by atoms with van der Waals surface area (Å²) in [7, 11) is 0. The van der Waals surface area contributed by atoms with Crippen molar-refractivity contribution in [2.75, 3.05) is 17.8 Å². The molecule has 1 heterocycles. The van der Waals surface area contributed by atoms with Crippen LogP contribution in [0.25, 0.3) is 10.9 Å². The molecule has 0 radical (unpaired) electrons. The van der Waals surface area contributed by atoms with Gasteiger partial charge < -0.3 is 31.8 Å². The molecule has 1 aromatic heterocycles. The minimum atomic E-state index is -1.17. The summed E-state index contributed by atoms with van der Waals surface area (Å²) >= 11 is 5.54. The van der Waals surface area contributed by atoms with Crippen molar-refractivity contribution in [3.05, 3.63) is 36.0 Å². The first kappa shape index (κ1) is 29.5. The Kier molecular flexibility index (Phi) is 11.6. The first-order chi connectivity index (χ1) is 17.1. The second-order valence-electron chi connectivity index (χ2n) is 8.83. The van der Waals surface area contributed by atoms with Gasteiger partial charge in [-0.25, -0.2) is 4.79 Å². The van der Waals surface area contributed by atoms with Gasteiger partial charge in [-0.2, -0.15) is 24.4 Å². The molecule has 1 aromatic carbocycles. The second-order valence-corrected chi connectivity index (χ2v) is 10.2. The van der Waals surface area contributed by atoms with Crippen LogP contribution in [0, 0.1) is 5.92 Å². The summed E-state index contributed by atoms with van der Waals surface area (Å²) in [6.07, 6.45) is 4.07. The Balaban J connectivity index is 2.31. The minimum Gasteiger partial charge on any atom is -0.480 e. The summed E-state index contributed by atoms with van der Waals surface area (Å²) in [6.45, 7) is 3.37. The van der Waals surface area contributed by atoms with E-state index in [1.54, 1.807) is 20.0 Å². The van der Waals surface area contributed by atoms with Gasteiger partial charge in [-0.15, -0.1) is 0 Å². The number of hydrogen-bond acceptors (Lipinski definition) is 7. The van der Waals surface area contributed by atoms with E-state index in [0.717, 1.165) is 16.5 Å². The van der Waals surface area contributed by atoms with Gasteiger partial charge in [0.15, 0.2) is 0 Å². The number of benzene rings is 1. The topological polar surface area (TPSA) is 166 Å². The predicted molar refractivity (Wildman–Crippen MR) is 145 cm³/mol. The van der Waals surface area contributed by atoms with Crippen molar-refractivity contribution < 1.29 is 24.3 Å². The number of nitrogens with two attached hydrogens (primary N) is 1. The van der Waals surface area contributed by atoms with Crippen molar-refractivity contribution >= 4 is 59.0 Å². The molecule has 36 heavy (non-hydrogen) atoms. The molecular weight excluding hydrogens is 502 g/mol. The molecule has 0 spiro atoms. The lowest BCUT2D eigenvalue weighted by Crippen LogP contribution is -2.58. The van der Waals surface area contributed by atoms with Gasteiger partial charge in [0.25, 0.3) is 0 Å². The summed E-state index contributed by atoms with van der Waals surface area (Å²) < 4.78 is 0. The average Bonchev–Trinajstić information content (AvgIpc) is 3.25. The van der Waals surface area contributed by atoms with Crippen LogP contribution in [0.4, 0.5) is 0 Å². The Labute approximate surface area is 220 Å². The molecule has 2 rings (SSSR count). The Morgan fingerprint density at radius 1 is 1.06 bits per heavy atom. The fourth-order valence-electron chi connectivity index (χ4n) is 3.64. The van der Waals surface area contributed by atoms with Crippen molar-refractivity contribution in [3.8, 4) is 0 Å². The maximum Gasteiger partial charge on any atom is 0.326 e. The van der Waals surface area contributed by atoms with Crippen molar-refractivity contribution in [2.24, 2.45) is 11.7 Å². The first-order valence-electron chi connectivity index (χ1n) is 11.6. The highest BCUT2D eigenvalue weighted by Gasteiger charge is 2.31. The van der Waals surface area contributed by atoms with Crippen LogP contribution in [0.5, 0.6) is 0 Å². The van der Waals surface area contributed by atoms with Crippen molar-refractivity contribution in [2.45, 2.75) is 50.9 Å². The van der Waals surface area contributed by atoms with E-state index in [0.29, 0.717) is 12.2 Å². The van der Waals surface area contributed by atoms with Crippen LogP contribution in [0.1, 0.15) is 25.8 Å². The van der Waals surface area contributed by atoms with Crippen LogP contribution < -0.4 is 21.7 Å². The smallest absolute Gasteiger partial charge is 0.326 e. The Hall–Kier alpha value is -2.70. The average molecular weight is 538 g/mol. The Morgan fingerprint density at radius 3 is 2.31 bits per heavy atom. The Morgan fingerprint density at radius 2 is 1.69 bits per heavy atom. The standard InChI is InChI=1S/C24H35N5O5S2/c1-13(2)20(24(33)34)29-23(32)19(10-14-11-26-17-7-5-4-6-15(14)17)28-22(31)18(8-9-36-3)27-21(30)16(25)12-35/h4-7,11,13,16,18-20,26,35H,8-10,12,25H2,1-3H3,(H,27,30)(H,28,31)(H,29,32)(H,33,34). The van der Waals surface area contributed by atoms with Crippen LogP contribution in [0.2, 0.25) is 0 Å². The van der Waals surface area contributed by atoms with Crippen LogP contribution in [0.15, 0.2) is 30.5 Å². The fraction of sp³-hybridized carbons (Fsp3) is 0.500. The zero-order chi connectivity index (χ0) is 26.8. The molecule has 2 aromatic rings. The normalized spacial score (nSPS) is 14.6. The van der Waals surface area contributed by atoms with Gasteiger partial charge in [-0.3, -0.25) is 14.4 Å². The van der Waals surface area contributed by atoms with E-state index < -0.39 is 47.9 Å². The molecule has 0 aliphatic heterocycles. The number of H-pyrrole nitrogens is 1. The van der Waals surface area contributed by atoms with E-state index in [9.17, 15) is 24.3 Å². The lowest BCUT2D eigenvalue weighted by Gasteiger charge is -2.26. The SMILES string of the molecule is CSCCC(NC(=O)C(N)CS)C(=O)NC(Cc1c[nH]c2ccccc12)C(=O)NC(C(=O)O)C(C)C. The zero-order valence-corrected chi connectivity index (χ0v) is 22.3. The van der Waals surface area contributed by atoms with Crippen molar-refractivity contribution in [1.82, 2.24) is 20.9 Å². The molecule has 7 N–H and O–H groups in total. The summed E-state index contributed by atoms with van der Waals surface area (Å²) in [5, 5.41) is 18.3. The van der Waals surface area contributed by atoms with E-state index in [2.05, 4.69) is 33.6 Å². The number of fused-ring (bicyclic) bond motifs is 1. The number of carbonyl (C=O) groups excluding carboxylic acids is 3. The molecule has 12 heteroatoms. The third-order valence-electron chi connectivity index (χ3n) is 5.74. The van der Waals surface area contributed by atoms with Gasteiger partial charge in [0, 0.05) is 29.3 Å². The molecule has 4 atom stereocenters. The number of rotatable bonds is 14. The largest absolute Gasteiger partial charge is 0.480 e. The quantitative estimate of drug-likeness (QED) is 0.176. The fourth-order valence-corrected chi connectivity index (χ4v) is 4.27. The number of thioether (sulfide) groups is 1. The maximum atomic E-state index is 13.3. The number of thiol groups is 1. The molecule has 0 bridgehead atoms. The highest BCUT2D eigenvalue weighted by Crippen LogP contribution is 2.19. The zero-order valence-electron chi connectivity index (χ0n) is 20.6. The van der Waals surface area contributed by atoms with Crippen molar-refractivity contribution in [3.63, 3.8) is 0 Å². The molecule has 0 saturated carbocycles. The number of hydrogen-bond donors (Lipinski definition) is 7. The van der Waals surface area contributed by atoms with Crippen LogP contribution in [-0.2, 0) is 25.6 Å². The van der Waals surface area contributed by atoms with E-state index in [1.807, 2.05) is 30.5 Å². The second kappa shape index (κ2) is 14.1. The minimum absolute atomic E-state index is 0.111. The maximum absolute atomic E-state index is 13.3. The number of aromatic amines is 1. The number of carboxylic acids is 1. The number of aromatic nitrogens is 1. The van der Waals surface area contributed by atoms with E-state index >= 15 is 0 Å². The highest BCUT2D eigenvalue weighted by molar-refractivity contribution is 7.98. The van der Waals surface area contributed by atoms with Gasteiger partial charge in [0.1, 0.15) is 18.1 Å². The highest BCUT2D eigenvalue weighted by atomic mass is 32.2. The van der Waals surface area contributed by atoms with Gasteiger partial charge in [0.2, 0.25) is 17.7 Å². The molecule has 10 nitrogen and oxygen atoms in total. The van der Waals surface area contributed by atoms with Crippen LogP contribution >= 0.6 is 24.4 Å². The van der Waals surface area contributed by atoms with E-state index in [-0.39, 0.29) is 18.1 Å². The van der Waals surface area contributed by atoms with Crippen LogP contribution in [0.3, 0.4) is 0 Å². The van der Waals surface area contributed by atoms with E-state index in [4.69, 9.17) is 5.73 Å². The molecule has 198 valence electrons.